The highest BCUT2D eigenvalue weighted by Gasteiger charge is 2.60. The molecule has 5 aliphatic carbocycles. The quantitative estimate of drug-likeness (QED) is 0.111. The molecule has 14 heteroatoms. The van der Waals surface area contributed by atoms with E-state index >= 15 is 0 Å². The average Bonchev–Trinajstić information content (AvgIpc) is 3.53. The highest BCUT2D eigenvalue weighted by Crippen LogP contribution is 2.66. The molecule has 5 saturated carbocycles. The summed E-state index contributed by atoms with van der Waals surface area (Å²) in [6.07, 6.45) is 8.62. The van der Waals surface area contributed by atoms with Crippen LogP contribution in [-0.4, -0.2) is 82.5 Å². The van der Waals surface area contributed by atoms with Crippen molar-refractivity contribution in [2.45, 2.75) is 136 Å². The first-order chi connectivity index (χ1) is 29.4. The molecule has 3 N–H and O–H groups in total. The second kappa shape index (κ2) is 18.2. The summed E-state index contributed by atoms with van der Waals surface area (Å²) in [6, 6.07) is 11.2. The predicted molar refractivity (Wildman–Crippen MR) is 230 cm³/mol. The number of alkyl carbamates (subject to hydrolysis) is 1. The summed E-state index contributed by atoms with van der Waals surface area (Å²) in [4.78, 5) is 52.2. The number of cyclic esters (lactones) is 1. The van der Waals surface area contributed by atoms with E-state index in [2.05, 4.69) is 29.8 Å². The van der Waals surface area contributed by atoms with E-state index < -0.39 is 29.9 Å². The Bertz CT molecular complexity index is 1960. The van der Waals surface area contributed by atoms with E-state index in [0.717, 1.165) is 56.1 Å². The van der Waals surface area contributed by atoms with Crippen LogP contribution in [0.5, 0.6) is 23.0 Å². The number of methoxy groups -OCH3 is 3. The topological polar surface area (TPSA) is 169 Å². The average molecular weight is 862 g/mol. The number of hydrogen-bond acceptors (Lipinski definition) is 12. The minimum absolute atomic E-state index is 0.0278. The number of amides is 2. The van der Waals surface area contributed by atoms with Gasteiger partial charge in [-0.15, -0.1) is 0 Å². The number of hydrogen-bond donors (Lipinski definition) is 3. The second-order valence-corrected chi connectivity index (χ2v) is 20.3. The third-order valence-corrected chi connectivity index (χ3v) is 14.1. The molecule has 1 saturated heterocycles. The molecule has 5 atom stereocenters. The van der Waals surface area contributed by atoms with Crippen LogP contribution in [0.4, 0.5) is 9.59 Å². The van der Waals surface area contributed by atoms with Crippen LogP contribution in [0.3, 0.4) is 0 Å². The Morgan fingerprint density at radius 3 is 2.00 bits per heavy atom. The van der Waals surface area contributed by atoms with Gasteiger partial charge in [0.2, 0.25) is 6.29 Å². The van der Waals surface area contributed by atoms with Crippen molar-refractivity contribution in [3.63, 3.8) is 0 Å². The van der Waals surface area contributed by atoms with Gasteiger partial charge in [0.05, 0.1) is 39.3 Å². The molecule has 0 spiro atoms. The number of carbonyl (C=O) groups excluding carboxylic acids is 4. The van der Waals surface area contributed by atoms with Crippen LogP contribution in [0.15, 0.2) is 36.4 Å². The summed E-state index contributed by atoms with van der Waals surface area (Å²) < 4.78 is 38.8. The maximum Gasteiger partial charge on any atom is 0.412 e. The molecule has 0 radical (unpaired) electrons. The largest absolute Gasteiger partial charge is 0.493 e. The van der Waals surface area contributed by atoms with Gasteiger partial charge < -0.3 is 49.1 Å². The summed E-state index contributed by atoms with van der Waals surface area (Å²) in [6.45, 7) is 10.6. The molecule has 14 nitrogen and oxygen atoms in total. The Balaban J connectivity index is 0.820. The van der Waals surface area contributed by atoms with Crippen LogP contribution in [0.25, 0.3) is 0 Å². The molecule has 0 aromatic heterocycles. The summed E-state index contributed by atoms with van der Waals surface area (Å²) in [5, 5.41) is 9.73. The van der Waals surface area contributed by atoms with Crippen LogP contribution in [0.2, 0.25) is 0 Å². The molecule has 2 aromatic carbocycles. The first-order valence-electron chi connectivity index (χ1n) is 22.4. The smallest absolute Gasteiger partial charge is 0.412 e. The highest BCUT2D eigenvalue weighted by molar-refractivity contribution is 5.77. The molecular weight excluding hydrogens is 795 g/mol. The van der Waals surface area contributed by atoms with Crippen molar-refractivity contribution in [3.8, 4) is 23.0 Å². The Morgan fingerprint density at radius 2 is 1.37 bits per heavy atom. The maximum absolute atomic E-state index is 13.2. The van der Waals surface area contributed by atoms with E-state index in [-0.39, 0.29) is 52.0 Å². The fraction of sp³-hybridized carbons (Fsp3) is 0.667. The lowest BCUT2D eigenvalue weighted by Crippen LogP contribution is -2.65. The fourth-order valence-corrected chi connectivity index (χ4v) is 12.1. The molecule has 6 aliphatic rings. The maximum atomic E-state index is 13.2. The van der Waals surface area contributed by atoms with Gasteiger partial charge in [0, 0.05) is 37.0 Å². The molecule has 4 bridgehead atoms. The van der Waals surface area contributed by atoms with Crippen molar-refractivity contribution >= 4 is 24.1 Å². The summed E-state index contributed by atoms with van der Waals surface area (Å²) in [7, 11) is 4.70. The normalized spacial score (nSPS) is 30.5. The molecule has 62 heavy (non-hydrogen) atoms. The fourth-order valence-electron chi connectivity index (χ4n) is 12.1. The number of esters is 2. The van der Waals surface area contributed by atoms with Crippen molar-refractivity contribution < 1.29 is 52.3 Å². The zero-order valence-corrected chi connectivity index (χ0v) is 37.8. The van der Waals surface area contributed by atoms with Crippen molar-refractivity contribution in [1.29, 1.82) is 0 Å². The van der Waals surface area contributed by atoms with Gasteiger partial charge in [-0.2, -0.15) is 0 Å². The van der Waals surface area contributed by atoms with Crippen LogP contribution in [0.1, 0.15) is 110 Å². The Hall–Kier alpha value is -4.72. The summed E-state index contributed by atoms with van der Waals surface area (Å²) >= 11 is 0. The Morgan fingerprint density at radius 1 is 0.774 bits per heavy atom. The molecule has 8 rings (SSSR count). The third-order valence-electron chi connectivity index (χ3n) is 14.1. The Kier molecular flexibility index (Phi) is 13.3. The standard InChI is InChI=1S/C48H67N3O11/c1-29(61-44(55)51-48-23-32-21-46(4,26-48)25-47(5,22-32)27-48)60-42(53)45(2,3)28-49-34-11-13-35(14-12-34)50-43(54)62-38-16-10-31(20-40(38)58-8)18-36-33(24-59-41(36)52)17-30-9-15-37(56-6)39(19-30)57-7/h9-10,15-16,19-20,29,32-36,49H,11-14,17-18,21-28H2,1-8H3,(H,50,54)(H,51,55)/t29?,32?,33-,34?,35?,36+,46?,47?,48?/m0/s1. The van der Waals surface area contributed by atoms with E-state index in [1.54, 1.807) is 33.3 Å². The third kappa shape index (κ3) is 10.5. The van der Waals surface area contributed by atoms with Crippen LogP contribution in [0, 0.1) is 34.0 Å². The minimum atomic E-state index is -1.02. The van der Waals surface area contributed by atoms with Crippen LogP contribution in [-0.2, 0) is 36.6 Å². The second-order valence-electron chi connectivity index (χ2n) is 20.3. The Labute approximate surface area is 366 Å². The van der Waals surface area contributed by atoms with E-state index in [0.29, 0.717) is 49.2 Å². The molecular formula is C48H67N3O11. The van der Waals surface area contributed by atoms with Gasteiger partial charge in [-0.1, -0.05) is 26.0 Å². The molecule has 1 heterocycles. The van der Waals surface area contributed by atoms with E-state index in [1.165, 1.54) is 26.4 Å². The first kappa shape index (κ1) is 45.3. The van der Waals surface area contributed by atoms with Gasteiger partial charge in [-0.25, -0.2) is 9.59 Å². The zero-order chi connectivity index (χ0) is 44.5. The van der Waals surface area contributed by atoms with E-state index in [9.17, 15) is 19.2 Å². The van der Waals surface area contributed by atoms with Gasteiger partial charge in [0.25, 0.3) is 0 Å². The molecule has 1 aliphatic heterocycles. The van der Waals surface area contributed by atoms with Gasteiger partial charge in [0.1, 0.15) is 0 Å². The highest BCUT2D eigenvalue weighted by atomic mass is 16.7. The van der Waals surface area contributed by atoms with Gasteiger partial charge in [-0.3, -0.25) is 9.59 Å². The zero-order valence-electron chi connectivity index (χ0n) is 37.8. The molecule has 340 valence electrons. The molecule has 6 fully saturated rings. The summed E-state index contributed by atoms with van der Waals surface area (Å²) in [5.41, 5.74) is 1.27. The molecule has 2 aromatic rings. The first-order valence-corrected chi connectivity index (χ1v) is 22.4. The number of nitrogens with one attached hydrogen (secondary N) is 3. The molecule has 2 amide bonds. The van der Waals surface area contributed by atoms with E-state index in [4.69, 9.17) is 33.2 Å². The predicted octanol–water partition coefficient (Wildman–Crippen LogP) is 7.67. The van der Waals surface area contributed by atoms with Gasteiger partial charge in [0.15, 0.2) is 23.0 Å². The lowest BCUT2D eigenvalue weighted by molar-refractivity contribution is -0.176. The van der Waals surface area contributed by atoms with Crippen LogP contribution >= 0.6 is 0 Å². The number of benzene rings is 2. The lowest BCUT2D eigenvalue weighted by Gasteiger charge is -2.65. The van der Waals surface area contributed by atoms with Gasteiger partial charge >= 0.3 is 24.1 Å². The van der Waals surface area contributed by atoms with E-state index in [1.807, 2.05) is 38.1 Å². The lowest BCUT2D eigenvalue weighted by atomic mass is 9.43. The van der Waals surface area contributed by atoms with Crippen molar-refractivity contribution in [3.05, 3.63) is 47.5 Å². The van der Waals surface area contributed by atoms with Gasteiger partial charge in [-0.05, 0) is 143 Å². The number of carbonyl (C=O) groups is 4. The van der Waals surface area contributed by atoms with Crippen molar-refractivity contribution in [2.24, 2.45) is 34.0 Å². The number of ether oxygens (including phenoxy) is 7. The molecule has 3 unspecified atom stereocenters. The SMILES string of the molecule is COc1ccc(C[C@H]2COC(=O)[C@@H]2Cc2ccc(OC(=O)NC3CCC(NCC(C)(C)C(=O)OC(C)OC(=O)NC45CC6CC(C)(CC(C)(C6)C4)C5)CC3)c(OC)c2)cc1OC. The summed E-state index contributed by atoms with van der Waals surface area (Å²) in [5.74, 6) is 1.51. The van der Waals surface area contributed by atoms with Crippen LogP contribution < -0.4 is 34.9 Å². The monoisotopic (exact) mass is 861 g/mol. The van der Waals surface area contributed by atoms with Crippen molar-refractivity contribution in [2.75, 3.05) is 34.5 Å². The number of rotatable bonds is 16. The minimum Gasteiger partial charge on any atom is -0.493 e. The van der Waals surface area contributed by atoms with Crippen molar-refractivity contribution in [1.82, 2.24) is 16.0 Å².